The molecule has 0 radical (unpaired) electrons. The van der Waals surface area contributed by atoms with E-state index < -0.39 is 0 Å². The van der Waals surface area contributed by atoms with Gasteiger partial charge in [-0.25, -0.2) is 4.98 Å². The van der Waals surface area contributed by atoms with Gasteiger partial charge >= 0.3 is 0 Å². The fourth-order valence-electron chi connectivity index (χ4n) is 2.80. The van der Waals surface area contributed by atoms with Crippen LogP contribution in [0.2, 0.25) is 0 Å². The summed E-state index contributed by atoms with van der Waals surface area (Å²) in [7, 11) is 1.58. The number of rotatable bonds is 9. The highest BCUT2D eigenvalue weighted by molar-refractivity contribution is 7.99. The number of hydrogen-bond acceptors (Lipinski definition) is 6. The lowest BCUT2D eigenvalue weighted by molar-refractivity contribution is 0.0951. The van der Waals surface area contributed by atoms with Gasteiger partial charge in [-0.05, 0) is 59.8 Å². The number of amides is 1. The molecule has 0 saturated heterocycles. The molecule has 0 aliphatic heterocycles. The number of carbonyl (C=O) groups excluding carboxylic acids is 1. The van der Waals surface area contributed by atoms with E-state index in [4.69, 9.17) is 15.2 Å². The van der Waals surface area contributed by atoms with Crippen molar-refractivity contribution in [2.75, 3.05) is 18.6 Å². The zero-order valence-corrected chi connectivity index (χ0v) is 17.9. The third-order valence-electron chi connectivity index (χ3n) is 4.27. The predicted octanol–water partition coefficient (Wildman–Crippen LogP) is 4.64. The van der Waals surface area contributed by atoms with Gasteiger partial charge in [-0.1, -0.05) is 19.1 Å². The Balaban J connectivity index is 1.54. The number of pyridine rings is 1. The summed E-state index contributed by atoms with van der Waals surface area (Å²) in [4.78, 5) is 17.8. The van der Waals surface area contributed by atoms with Gasteiger partial charge in [0.25, 0.3) is 5.91 Å². The summed E-state index contributed by atoms with van der Waals surface area (Å²) in [6, 6.07) is 19.0. The van der Waals surface area contributed by atoms with Crippen LogP contribution < -0.4 is 15.8 Å². The van der Waals surface area contributed by atoms with Crippen LogP contribution in [0.15, 0.2) is 65.6 Å². The average molecular weight is 424 g/mol. The van der Waals surface area contributed by atoms with E-state index in [0.29, 0.717) is 24.4 Å². The summed E-state index contributed by atoms with van der Waals surface area (Å²) >= 11 is 1.79. The zero-order valence-electron chi connectivity index (χ0n) is 17.1. The van der Waals surface area contributed by atoms with Crippen molar-refractivity contribution >= 4 is 23.5 Å². The van der Waals surface area contributed by atoms with E-state index in [1.807, 2.05) is 36.4 Å². The first-order valence-electron chi connectivity index (χ1n) is 9.61. The third kappa shape index (κ3) is 5.98. The van der Waals surface area contributed by atoms with Gasteiger partial charge < -0.3 is 20.5 Å². The van der Waals surface area contributed by atoms with Crippen LogP contribution in [-0.2, 0) is 17.9 Å². The highest BCUT2D eigenvalue weighted by Crippen LogP contribution is 2.25. The summed E-state index contributed by atoms with van der Waals surface area (Å²) in [5.41, 5.74) is 7.88. The van der Waals surface area contributed by atoms with E-state index in [0.717, 1.165) is 22.8 Å². The van der Waals surface area contributed by atoms with Crippen molar-refractivity contribution in [2.45, 2.75) is 25.0 Å². The van der Waals surface area contributed by atoms with Crippen molar-refractivity contribution in [3.05, 3.63) is 77.5 Å². The molecule has 3 rings (SSSR count). The molecule has 0 aliphatic carbocycles. The number of thioether (sulfide) groups is 1. The molecular formula is C23H25N3O3S. The van der Waals surface area contributed by atoms with Crippen molar-refractivity contribution < 1.29 is 14.3 Å². The van der Waals surface area contributed by atoms with Crippen LogP contribution in [0.3, 0.4) is 0 Å². The van der Waals surface area contributed by atoms with E-state index in [1.165, 1.54) is 4.90 Å². The number of ether oxygens (including phenoxy) is 2. The number of nitrogens with zero attached hydrogens (tertiary/aromatic N) is 1. The molecule has 6 nitrogen and oxygen atoms in total. The van der Waals surface area contributed by atoms with Crippen LogP contribution in [0.1, 0.15) is 28.5 Å². The van der Waals surface area contributed by atoms with Gasteiger partial charge in [0, 0.05) is 18.6 Å². The first-order chi connectivity index (χ1) is 14.6. The number of nitrogen functional groups attached to an aromatic ring is 1. The summed E-state index contributed by atoms with van der Waals surface area (Å²) in [5, 5.41) is 2.86. The molecule has 0 fully saturated rings. The Hall–Kier alpha value is -3.03. The molecule has 1 aromatic heterocycles. The molecule has 1 heterocycles. The number of nitrogens with two attached hydrogens (primary N) is 1. The summed E-state index contributed by atoms with van der Waals surface area (Å²) in [6.45, 7) is 2.85. The van der Waals surface area contributed by atoms with Crippen LogP contribution in [0.25, 0.3) is 0 Å². The van der Waals surface area contributed by atoms with Gasteiger partial charge in [0.05, 0.1) is 17.9 Å². The second kappa shape index (κ2) is 10.7. The fourth-order valence-corrected chi connectivity index (χ4v) is 3.46. The standard InChI is InChI=1S/C23H25N3O3S/c1-3-30-20-11-9-19(10-12-20)29-18-7-4-16(5-8-18)14-25-23(27)21-13-6-17(15-28-2)26-22(21)24/h4-13H,3,14-15H2,1-2H3,(H2,24,26)(H,25,27). The topological polar surface area (TPSA) is 86.5 Å². The SMILES string of the molecule is CCSc1ccc(Oc2ccc(CNC(=O)c3ccc(COC)nc3N)cc2)cc1. The predicted molar refractivity (Wildman–Crippen MR) is 120 cm³/mol. The number of nitrogens with one attached hydrogen (secondary N) is 1. The van der Waals surface area contributed by atoms with E-state index >= 15 is 0 Å². The highest BCUT2D eigenvalue weighted by Gasteiger charge is 2.11. The van der Waals surface area contributed by atoms with Crippen molar-refractivity contribution in [3.8, 4) is 11.5 Å². The average Bonchev–Trinajstić information content (AvgIpc) is 2.75. The lowest BCUT2D eigenvalue weighted by atomic mass is 10.2. The van der Waals surface area contributed by atoms with E-state index in [9.17, 15) is 4.79 Å². The second-order valence-corrected chi connectivity index (χ2v) is 7.84. The lowest BCUT2D eigenvalue weighted by Gasteiger charge is -2.10. The molecule has 0 atom stereocenters. The minimum atomic E-state index is -0.269. The Bertz CT molecular complexity index is 976. The number of hydrogen-bond donors (Lipinski definition) is 2. The number of aromatic nitrogens is 1. The molecule has 3 N–H and O–H groups in total. The summed E-state index contributed by atoms with van der Waals surface area (Å²) in [5.74, 6) is 2.49. The molecule has 30 heavy (non-hydrogen) atoms. The van der Waals surface area contributed by atoms with Gasteiger partial charge in [0.1, 0.15) is 17.3 Å². The number of anilines is 1. The minimum Gasteiger partial charge on any atom is -0.457 e. The molecule has 156 valence electrons. The quantitative estimate of drug-likeness (QED) is 0.488. The Morgan fingerprint density at radius 1 is 1.03 bits per heavy atom. The number of benzene rings is 2. The Morgan fingerprint density at radius 3 is 2.30 bits per heavy atom. The molecule has 0 saturated carbocycles. The van der Waals surface area contributed by atoms with Gasteiger partial charge in [-0.3, -0.25) is 4.79 Å². The normalized spacial score (nSPS) is 10.6. The van der Waals surface area contributed by atoms with Gasteiger partial charge in [-0.15, -0.1) is 11.8 Å². The highest BCUT2D eigenvalue weighted by atomic mass is 32.2. The summed E-state index contributed by atoms with van der Waals surface area (Å²) in [6.07, 6.45) is 0. The van der Waals surface area contributed by atoms with Gasteiger partial charge in [-0.2, -0.15) is 0 Å². The molecule has 0 aliphatic rings. The van der Waals surface area contributed by atoms with E-state index in [1.54, 1.807) is 31.0 Å². The largest absolute Gasteiger partial charge is 0.457 e. The fraction of sp³-hybridized carbons (Fsp3) is 0.217. The van der Waals surface area contributed by atoms with Crippen LogP contribution in [0.4, 0.5) is 5.82 Å². The van der Waals surface area contributed by atoms with Crippen molar-refractivity contribution in [2.24, 2.45) is 0 Å². The third-order valence-corrected chi connectivity index (χ3v) is 5.16. The van der Waals surface area contributed by atoms with Crippen molar-refractivity contribution in [3.63, 3.8) is 0 Å². The first-order valence-corrected chi connectivity index (χ1v) is 10.6. The van der Waals surface area contributed by atoms with Crippen LogP contribution in [0.5, 0.6) is 11.5 Å². The molecule has 1 amide bonds. The minimum absolute atomic E-state index is 0.189. The van der Waals surface area contributed by atoms with Crippen LogP contribution >= 0.6 is 11.8 Å². The summed E-state index contributed by atoms with van der Waals surface area (Å²) < 4.78 is 10.9. The molecule has 0 spiro atoms. The number of carbonyl (C=O) groups is 1. The van der Waals surface area contributed by atoms with E-state index in [-0.39, 0.29) is 11.7 Å². The number of methoxy groups -OCH3 is 1. The van der Waals surface area contributed by atoms with Gasteiger partial charge in [0.15, 0.2) is 0 Å². The van der Waals surface area contributed by atoms with Crippen LogP contribution in [0, 0.1) is 0 Å². The maximum Gasteiger partial charge on any atom is 0.255 e. The monoisotopic (exact) mass is 423 g/mol. The van der Waals surface area contributed by atoms with Crippen molar-refractivity contribution in [1.29, 1.82) is 0 Å². The molecule has 0 unspecified atom stereocenters. The molecule has 7 heteroatoms. The first kappa shape index (κ1) is 21.7. The zero-order chi connectivity index (χ0) is 21.3. The second-order valence-electron chi connectivity index (χ2n) is 6.50. The maximum atomic E-state index is 12.4. The Morgan fingerprint density at radius 2 is 1.70 bits per heavy atom. The van der Waals surface area contributed by atoms with E-state index in [2.05, 4.69) is 29.4 Å². The Kier molecular flexibility index (Phi) is 7.70. The van der Waals surface area contributed by atoms with Gasteiger partial charge in [0.2, 0.25) is 0 Å². The Labute approximate surface area is 180 Å². The maximum absolute atomic E-state index is 12.4. The van der Waals surface area contributed by atoms with Crippen molar-refractivity contribution in [1.82, 2.24) is 10.3 Å². The molecular weight excluding hydrogens is 398 g/mol. The smallest absolute Gasteiger partial charge is 0.255 e. The molecule has 3 aromatic rings. The lowest BCUT2D eigenvalue weighted by Crippen LogP contribution is -2.24. The van der Waals surface area contributed by atoms with Crippen LogP contribution in [-0.4, -0.2) is 23.8 Å². The molecule has 0 bridgehead atoms. The molecule has 2 aromatic carbocycles.